The maximum atomic E-state index is 5.81. The number of rotatable bonds is 5. The van der Waals surface area contributed by atoms with Gasteiger partial charge in [0.25, 0.3) is 0 Å². The van der Waals surface area contributed by atoms with Gasteiger partial charge in [-0.1, -0.05) is 18.2 Å². The Hall–Kier alpha value is -2.47. The van der Waals surface area contributed by atoms with Crippen molar-refractivity contribution in [3.63, 3.8) is 0 Å². The molecule has 0 radical (unpaired) electrons. The van der Waals surface area contributed by atoms with Gasteiger partial charge in [0.1, 0.15) is 29.9 Å². The Kier molecular flexibility index (Phi) is 3.79. The third-order valence-electron chi connectivity index (χ3n) is 3.22. The number of pyridine rings is 1. The number of methoxy groups -OCH3 is 1. The van der Waals surface area contributed by atoms with Gasteiger partial charge in [-0.3, -0.25) is 5.10 Å². The highest BCUT2D eigenvalue weighted by molar-refractivity contribution is 5.86. The van der Waals surface area contributed by atoms with Crippen LogP contribution in [0.25, 0.3) is 22.4 Å². The third kappa shape index (κ3) is 2.85. The first-order chi connectivity index (χ1) is 10.3. The summed E-state index contributed by atoms with van der Waals surface area (Å²) in [6.45, 7) is 2.43. The average molecular weight is 284 g/mol. The van der Waals surface area contributed by atoms with E-state index < -0.39 is 0 Å². The molecule has 0 amide bonds. The number of nitrogens with zero attached hydrogens (tertiary/aromatic N) is 3. The van der Waals surface area contributed by atoms with Gasteiger partial charge in [0.15, 0.2) is 5.82 Å². The van der Waals surface area contributed by atoms with Crippen molar-refractivity contribution in [3.05, 3.63) is 36.7 Å². The summed E-state index contributed by atoms with van der Waals surface area (Å²) in [5.74, 6) is 1.37. The molecule has 0 unspecified atom stereocenters. The molecule has 0 fully saturated rings. The molecule has 21 heavy (non-hydrogen) atoms. The Morgan fingerprint density at radius 2 is 2.14 bits per heavy atom. The van der Waals surface area contributed by atoms with Crippen LogP contribution in [0.3, 0.4) is 0 Å². The number of aromatic amines is 1. The van der Waals surface area contributed by atoms with Gasteiger partial charge in [0, 0.05) is 12.5 Å². The molecular weight excluding hydrogens is 268 g/mol. The van der Waals surface area contributed by atoms with E-state index in [1.807, 2.05) is 37.3 Å². The minimum Gasteiger partial charge on any atom is -0.489 e. The molecule has 6 heteroatoms. The topological polar surface area (TPSA) is 72.9 Å². The lowest BCUT2D eigenvalue weighted by atomic mass is 10.2. The Bertz CT molecular complexity index is 728. The number of fused-ring (bicyclic) bond motifs is 1. The van der Waals surface area contributed by atoms with Crippen LogP contribution >= 0.6 is 0 Å². The van der Waals surface area contributed by atoms with Crippen LogP contribution in [0.15, 0.2) is 36.7 Å². The summed E-state index contributed by atoms with van der Waals surface area (Å²) < 4.78 is 11.0. The molecule has 6 nitrogen and oxygen atoms in total. The van der Waals surface area contributed by atoms with Crippen molar-refractivity contribution in [1.29, 1.82) is 0 Å². The van der Waals surface area contributed by atoms with Crippen molar-refractivity contribution in [2.75, 3.05) is 13.7 Å². The molecule has 3 aromatic rings. The van der Waals surface area contributed by atoms with Crippen LogP contribution in [0.5, 0.6) is 5.75 Å². The highest BCUT2D eigenvalue weighted by Crippen LogP contribution is 2.26. The van der Waals surface area contributed by atoms with Crippen molar-refractivity contribution < 1.29 is 9.47 Å². The Morgan fingerprint density at radius 3 is 2.90 bits per heavy atom. The molecule has 0 spiro atoms. The number of hydrogen-bond donors (Lipinski definition) is 1. The number of nitrogens with one attached hydrogen (secondary N) is 1. The van der Waals surface area contributed by atoms with Crippen molar-refractivity contribution in [1.82, 2.24) is 20.2 Å². The number of ether oxygens (including phenoxy) is 2. The maximum absolute atomic E-state index is 5.81. The van der Waals surface area contributed by atoms with Crippen LogP contribution in [0, 0.1) is 0 Å². The summed E-state index contributed by atoms with van der Waals surface area (Å²) in [7, 11) is 1.66. The van der Waals surface area contributed by atoms with Crippen molar-refractivity contribution in [2.24, 2.45) is 0 Å². The number of H-pyrrole nitrogens is 1. The second-order valence-electron chi connectivity index (χ2n) is 4.72. The van der Waals surface area contributed by atoms with Crippen LogP contribution in [-0.2, 0) is 4.74 Å². The van der Waals surface area contributed by atoms with Gasteiger partial charge in [-0.25, -0.2) is 9.97 Å². The fraction of sp³-hybridized carbons (Fsp3) is 0.267. The second kappa shape index (κ2) is 5.88. The molecule has 1 atom stereocenters. The Balaban J connectivity index is 1.98. The van der Waals surface area contributed by atoms with E-state index in [9.17, 15) is 0 Å². The molecule has 0 aliphatic rings. The van der Waals surface area contributed by atoms with Crippen LogP contribution in [0.1, 0.15) is 6.92 Å². The van der Waals surface area contributed by atoms with Gasteiger partial charge < -0.3 is 9.47 Å². The van der Waals surface area contributed by atoms with Crippen molar-refractivity contribution in [2.45, 2.75) is 13.0 Å². The summed E-state index contributed by atoms with van der Waals surface area (Å²) in [5.41, 5.74) is 1.53. The molecule has 3 rings (SSSR count). The summed E-state index contributed by atoms with van der Waals surface area (Å²) >= 11 is 0. The maximum Gasteiger partial charge on any atom is 0.174 e. The summed E-state index contributed by atoms with van der Waals surface area (Å²) in [6, 6.07) is 9.75. The van der Waals surface area contributed by atoms with Gasteiger partial charge in [0.2, 0.25) is 0 Å². The normalized spacial score (nSPS) is 12.5. The lowest BCUT2D eigenvalue weighted by molar-refractivity contribution is 0.0722. The van der Waals surface area contributed by atoms with Gasteiger partial charge in [-0.2, -0.15) is 5.10 Å². The lowest BCUT2D eigenvalue weighted by Crippen LogP contribution is -2.16. The van der Waals surface area contributed by atoms with E-state index in [1.165, 1.54) is 6.33 Å². The predicted molar refractivity (Wildman–Crippen MR) is 79.1 cm³/mol. The minimum atomic E-state index is 0.0257. The smallest absolute Gasteiger partial charge is 0.174 e. The summed E-state index contributed by atoms with van der Waals surface area (Å²) in [5, 5.41) is 7.67. The summed E-state index contributed by atoms with van der Waals surface area (Å²) in [4.78, 5) is 8.74. The van der Waals surface area contributed by atoms with Gasteiger partial charge >= 0.3 is 0 Å². The van der Waals surface area contributed by atoms with E-state index in [0.717, 1.165) is 22.3 Å². The zero-order chi connectivity index (χ0) is 14.7. The highest BCUT2D eigenvalue weighted by Gasteiger charge is 2.09. The largest absolute Gasteiger partial charge is 0.489 e. The Labute approximate surface area is 122 Å². The quantitative estimate of drug-likeness (QED) is 0.779. The molecular formula is C15H16N4O2. The number of hydrogen-bond acceptors (Lipinski definition) is 5. The van der Waals surface area contributed by atoms with Crippen LogP contribution in [-0.4, -0.2) is 40.0 Å². The molecule has 0 aliphatic heterocycles. The molecule has 2 aromatic heterocycles. The first-order valence-corrected chi connectivity index (χ1v) is 6.69. The third-order valence-corrected chi connectivity index (χ3v) is 3.22. The number of aromatic nitrogens is 4. The Morgan fingerprint density at radius 1 is 1.24 bits per heavy atom. The molecule has 0 saturated heterocycles. The molecule has 0 bridgehead atoms. The van der Waals surface area contributed by atoms with Crippen LogP contribution in [0.2, 0.25) is 0 Å². The molecule has 1 aromatic carbocycles. The zero-order valence-electron chi connectivity index (χ0n) is 11.9. The fourth-order valence-electron chi connectivity index (χ4n) is 1.97. The van der Waals surface area contributed by atoms with Crippen LogP contribution < -0.4 is 4.74 Å². The van der Waals surface area contributed by atoms with E-state index in [2.05, 4.69) is 20.2 Å². The van der Waals surface area contributed by atoms with Gasteiger partial charge in [0.05, 0.1) is 6.10 Å². The fourth-order valence-corrected chi connectivity index (χ4v) is 1.97. The molecule has 0 saturated carbocycles. The summed E-state index contributed by atoms with van der Waals surface area (Å²) in [6.07, 6.45) is 1.49. The molecule has 0 aliphatic carbocycles. The monoisotopic (exact) mass is 284 g/mol. The second-order valence-corrected chi connectivity index (χ2v) is 4.72. The van der Waals surface area contributed by atoms with E-state index in [-0.39, 0.29) is 6.10 Å². The standard InChI is InChI=1S/C15H16N4O2/c1-10(20-2)8-21-13-5-3-4-11-6-7-12(18-14(11)13)15-16-9-17-19-15/h3-7,9-10H,8H2,1-2H3,(H,16,17,19)/t10-/m0/s1. The van der Waals surface area contributed by atoms with Crippen LogP contribution in [0.4, 0.5) is 0 Å². The lowest BCUT2D eigenvalue weighted by Gasteiger charge is -2.13. The van der Waals surface area contributed by atoms with Gasteiger partial charge in [-0.15, -0.1) is 0 Å². The molecule has 108 valence electrons. The SMILES string of the molecule is CO[C@@H](C)COc1cccc2ccc(-c3ncn[nH]3)nc12. The van der Waals surface area contributed by atoms with Gasteiger partial charge in [-0.05, 0) is 19.1 Å². The first kappa shape index (κ1) is 13.5. The van der Waals surface area contributed by atoms with Crippen molar-refractivity contribution >= 4 is 10.9 Å². The first-order valence-electron chi connectivity index (χ1n) is 6.69. The van der Waals surface area contributed by atoms with E-state index in [4.69, 9.17) is 9.47 Å². The molecule has 2 heterocycles. The highest BCUT2D eigenvalue weighted by atomic mass is 16.5. The average Bonchev–Trinajstić information content (AvgIpc) is 3.06. The molecule has 1 N–H and O–H groups in total. The minimum absolute atomic E-state index is 0.0257. The predicted octanol–water partition coefficient (Wildman–Crippen LogP) is 2.43. The van der Waals surface area contributed by atoms with Crippen molar-refractivity contribution in [3.8, 4) is 17.3 Å². The number of benzene rings is 1. The van der Waals surface area contributed by atoms with E-state index in [0.29, 0.717) is 12.4 Å². The van der Waals surface area contributed by atoms with E-state index >= 15 is 0 Å². The van der Waals surface area contributed by atoms with E-state index in [1.54, 1.807) is 7.11 Å². The number of para-hydroxylation sites is 1. The zero-order valence-corrected chi connectivity index (χ0v) is 11.9.